The number of nitrogens with zero attached hydrogens (tertiary/aromatic N) is 1. The maximum Gasteiger partial charge on any atom is 0.243 e. The van der Waals surface area contributed by atoms with Gasteiger partial charge in [0.1, 0.15) is 0 Å². The van der Waals surface area contributed by atoms with Gasteiger partial charge in [0.05, 0.1) is 25.7 Å². The van der Waals surface area contributed by atoms with Crippen LogP contribution in [0.15, 0.2) is 54.6 Å². The molecule has 2 aromatic rings. The van der Waals surface area contributed by atoms with Crippen molar-refractivity contribution in [2.45, 2.75) is 18.9 Å². The summed E-state index contributed by atoms with van der Waals surface area (Å²) >= 11 is 0. The maximum absolute atomic E-state index is 12.5. The number of fused-ring (bicyclic) bond motifs is 1. The average Bonchev–Trinajstić information content (AvgIpc) is 2.62. The molecule has 3 rings (SSSR count). The Labute approximate surface area is 147 Å². The van der Waals surface area contributed by atoms with E-state index in [9.17, 15) is 9.59 Å². The van der Waals surface area contributed by atoms with E-state index in [1.54, 1.807) is 7.05 Å². The molecule has 0 fully saturated rings. The molecular formula is C20H22N2O3. The van der Waals surface area contributed by atoms with Crippen LogP contribution in [0.25, 0.3) is 0 Å². The first-order chi connectivity index (χ1) is 12.1. The molecule has 0 radical (unpaired) electrons. The Morgan fingerprint density at radius 3 is 2.64 bits per heavy atom. The van der Waals surface area contributed by atoms with E-state index in [-0.39, 0.29) is 30.9 Å². The summed E-state index contributed by atoms with van der Waals surface area (Å²) in [7, 11) is 1.64. The molecule has 5 heteroatoms. The van der Waals surface area contributed by atoms with Crippen LogP contribution in [0, 0.1) is 0 Å². The molecule has 0 saturated heterocycles. The third-order valence-electron chi connectivity index (χ3n) is 4.32. The highest BCUT2D eigenvalue weighted by Crippen LogP contribution is 2.29. The first-order valence-electron chi connectivity index (χ1n) is 8.42. The molecule has 130 valence electrons. The number of para-hydroxylation sites is 1. The SMILES string of the molecule is CN(CC(=O)Nc1ccccc1)C(=O)C[C@@H]1OCCc2ccccc21. The molecule has 0 aliphatic carbocycles. The van der Waals surface area contributed by atoms with Crippen molar-refractivity contribution >= 4 is 17.5 Å². The number of anilines is 1. The molecule has 5 nitrogen and oxygen atoms in total. The van der Waals surface area contributed by atoms with Gasteiger partial charge < -0.3 is 15.0 Å². The van der Waals surface area contributed by atoms with Gasteiger partial charge in [0.2, 0.25) is 11.8 Å². The smallest absolute Gasteiger partial charge is 0.243 e. The molecular weight excluding hydrogens is 316 g/mol. The second-order valence-electron chi connectivity index (χ2n) is 6.18. The largest absolute Gasteiger partial charge is 0.373 e. The summed E-state index contributed by atoms with van der Waals surface area (Å²) in [5.41, 5.74) is 3.03. The van der Waals surface area contributed by atoms with Crippen molar-refractivity contribution in [3.05, 3.63) is 65.7 Å². The van der Waals surface area contributed by atoms with Gasteiger partial charge in [-0.15, -0.1) is 0 Å². The van der Waals surface area contributed by atoms with Crippen LogP contribution >= 0.6 is 0 Å². The van der Waals surface area contributed by atoms with Gasteiger partial charge in [-0.2, -0.15) is 0 Å². The van der Waals surface area contributed by atoms with Crippen LogP contribution in [0.1, 0.15) is 23.7 Å². The number of amides is 2. The van der Waals surface area contributed by atoms with Gasteiger partial charge in [-0.3, -0.25) is 9.59 Å². The summed E-state index contributed by atoms with van der Waals surface area (Å²) in [6.45, 7) is 0.634. The van der Waals surface area contributed by atoms with E-state index in [0.717, 1.165) is 17.7 Å². The van der Waals surface area contributed by atoms with E-state index >= 15 is 0 Å². The summed E-state index contributed by atoms with van der Waals surface area (Å²) in [5.74, 6) is -0.322. The molecule has 25 heavy (non-hydrogen) atoms. The molecule has 1 aliphatic heterocycles. The van der Waals surface area contributed by atoms with Crippen molar-refractivity contribution in [1.29, 1.82) is 0 Å². The number of rotatable bonds is 5. The van der Waals surface area contributed by atoms with Crippen LogP contribution in [0.4, 0.5) is 5.69 Å². The van der Waals surface area contributed by atoms with E-state index in [1.165, 1.54) is 10.5 Å². The lowest BCUT2D eigenvalue weighted by molar-refractivity contribution is -0.136. The molecule has 0 saturated carbocycles. The Kier molecular flexibility index (Phi) is 5.46. The Morgan fingerprint density at radius 2 is 1.84 bits per heavy atom. The van der Waals surface area contributed by atoms with Crippen molar-refractivity contribution in [3.63, 3.8) is 0 Å². The normalized spacial score (nSPS) is 16.0. The Balaban J connectivity index is 1.55. The van der Waals surface area contributed by atoms with Crippen molar-refractivity contribution in [1.82, 2.24) is 4.90 Å². The second kappa shape index (κ2) is 7.94. The minimum absolute atomic E-state index is 0.0160. The highest BCUT2D eigenvalue weighted by Gasteiger charge is 2.25. The van der Waals surface area contributed by atoms with Gasteiger partial charge in [-0.1, -0.05) is 42.5 Å². The standard InChI is InChI=1S/C20H22N2O3/c1-22(14-19(23)21-16-8-3-2-4-9-16)20(24)13-18-17-10-6-5-7-15(17)11-12-25-18/h2-10,18H,11-14H2,1H3,(H,21,23)/t18-/m0/s1. The van der Waals surface area contributed by atoms with Crippen LogP contribution in [-0.4, -0.2) is 36.9 Å². The van der Waals surface area contributed by atoms with Gasteiger partial charge in [-0.25, -0.2) is 0 Å². The zero-order chi connectivity index (χ0) is 17.6. The summed E-state index contributed by atoms with van der Waals surface area (Å²) < 4.78 is 5.78. The Hall–Kier alpha value is -2.66. The molecule has 1 aliphatic rings. The number of carbonyl (C=O) groups is 2. The maximum atomic E-state index is 12.5. The summed E-state index contributed by atoms with van der Waals surface area (Å²) in [6.07, 6.45) is 0.875. The number of carbonyl (C=O) groups excluding carboxylic acids is 2. The Bertz CT molecular complexity index is 746. The minimum Gasteiger partial charge on any atom is -0.373 e. The van der Waals surface area contributed by atoms with Crippen molar-refractivity contribution in [2.75, 3.05) is 25.5 Å². The first kappa shape index (κ1) is 17.2. The highest BCUT2D eigenvalue weighted by molar-refractivity contribution is 5.94. The molecule has 0 spiro atoms. The monoisotopic (exact) mass is 338 g/mol. The number of nitrogens with one attached hydrogen (secondary N) is 1. The lowest BCUT2D eigenvalue weighted by atomic mass is 9.95. The average molecular weight is 338 g/mol. The molecule has 2 aromatic carbocycles. The van der Waals surface area contributed by atoms with Gasteiger partial charge in [0.15, 0.2) is 0 Å². The fraction of sp³-hybridized carbons (Fsp3) is 0.300. The van der Waals surface area contributed by atoms with E-state index in [2.05, 4.69) is 11.4 Å². The zero-order valence-corrected chi connectivity index (χ0v) is 14.3. The van der Waals surface area contributed by atoms with Crippen LogP contribution in [-0.2, 0) is 20.7 Å². The zero-order valence-electron chi connectivity index (χ0n) is 14.3. The van der Waals surface area contributed by atoms with Crippen molar-refractivity contribution in [3.8, 4) is 0 Å². The third-order valence-corrected chi connectivity index (χ3v) is 4.32. The van der Waals surface area contributed by atoms with Crippen LogP contribution in [0.3, 0.4) is 0 Å². The van der Waals surface area contributed by atoms with E-state index < -0.39 is 0 Å². The van der Waals surface area contributed by atoms with E-state index in [1.807, 2.05) is 48.5 Å². The van der Waals surface area contributed by atoms with E-state index in [4.69, 9.17) is 4.74 Å². The van der Waals surface area contributed by atoms with Gasteiger partial charge >= 0.3 is 0 Å². The molecule has 2 amide bonds. The molecule has 1 N–H and O–H groups in total. The topological polar surface area (TPSA) is 58.6 Å². The number of benzene rings is 2. The molecule has 0 aromatic heterocycles. The van der Waals surface area contributed by atoms with Crippen molar-refractivity contribution in [2.24, 2.45) is 0 Å². The summed E-state index contributed by atoms with van der Waals surface area (Å²) in [6, 6.07) is 17.3. The van der Waals surface area contributed by atoms with Crippen molar-refractivity contribution < 1.29 is 14.3 Å². The molecule has 1 atom stereocenters. The lowest BCUT2D eigenvalue weighted by Crippen LogP contribution is -2.36. The van der Waals surface area contributed by atoms with Crippen LogP contribution in [0.5, 0.6) is 0 Å². The third kappa shape index (κ3) is 4.45. The number of hydrogen-bond acceptors (Lipinski definition) is 3. The quantitative estimate of drug-likeness (QED) is 0.912. The number of ether oxygens (including phenoxy) is 1. The predicted octanol–water partition coefficient (Wildman–Crippen LogP) is 2.79. The second-order valence-corrected chi connectivity index (χ2v) is 6.18. The van der Waals surface area contributed by atoms with Crippen LogP contribution in [0.2, 0.25) is 0 Å². The van der Waals surface area contributed by atoms with Gasteiger partial charge in [-0.05, 0) is 29.7 Å². The van der Waals surface area contributed by atoms with Gasteiger partial charge in [0, 0.05) is 12.7 Å². The first-order valence-corrected chi connectivity index (χ1v) is 8.42. The van der Waals surface area contributed by atoms with Gasteiger partial charge in [0.25, 0.3) is 0 Å². The molecule has 1 heterocycles. The Morgan fingerprint density at radius 1 is 1.12 bits per heavy atom. The number of likely N-dealkylation sites (N-methyl/N-ethyl adjacent to an activating group) is 1. The van der Waals surface area contributed by atoms with Crippen LogP contribution < -0.4 is 5.32 Å². The predicted molar refractivity (Wildman–Crippen MR) is 96.2 cm³/mol. The fourth-order valence-electron chi connectivity index (χ4n) is 2.99. The fourth-order valence-corrected chi connectivity index (χ4v) is 2.99. The molecule has 0 unspecified atom stereocenters. The lowest BCUT2D eigenvalue weighted by Gasteiger charge is -2.27. The highest BCUT2D eigenvalue weighted by atomic mass is 16.5. The number of hydrogen-bond donors (Lipinski definition) is 1. The van der Waals surface area contributed by atoms with E-state index in [0.29, 0.717) is 6.61 Å². The minimum atomic E-state index is -0.239. The molecule has 0 bridgehead atoms. The summed E-state index contributed by atoms with van der Waals surface area (Å²) in [4.78, 5) is 26.0. The summed E-state index contributed by atoms with van der Waals surface area (Å²) in [5, 5.41) is 2.78.